The quantitative estimate of drug-likeness (QED) is 0.370. The Morgan fingerprint density at radius 1 is 0.889 bits per heavy atom. The number of Topliss-reactive ketones (excluding diaryl/α,β-unsaturated/α-hetero) is 2. The molecule has 9 heteroatoms. The number of halogens is 6. The number of ether oxygens (including phenoxy) is 1. The molecular weight excluding hydrogens is 378 g/mol. The summed E-state index contributed by atoms with van der Waals surface area (Å²) < 4.78 is 82.9. The van der Waals surface area contributed by atoms with Crippen molar-refractivity contribution in [1.29, 1.82) is 0 Å². The molecule has 0 saturated carbocycles. The molecule has 2 aromatic carbocycles. The van der Waals surface area contributed by atoms with Crippen molar-refractivity contribution in [2.75, 3.05) is 6.61 Å². The van der Waals surface area contributed by atoms with Gasteiger partial charge < -0.3 is 4.74 Å². The predicted molar refractivity (Wildman–Crippen MR) is 85.1 cm³/mol. The molecule has 0 N–H and O–H groups in total. The van der Waals surface area contributed by atoms with Gasteiger partial charge in [-0.1, -0.05) is 37.6 Å². The van der Waals surface area contributed by atoms with Crippen molar-refractivity contribution in [2.24, 2.45) is 0 Å². The van der Waals surface area contributed by atoms with Crippen LogP contribution in [0.1, 0.15) is 40.5 Å². The van der Waals surface area contributed by atoms with E-state index in [-0.39, 0.29) is 17.4 Å². The lowest BCUT2D eigenvalue weighted by Crippen LogP contribution is -2.26. The summed E-state index contributed by atoms with van der Waals surface area (Å²) >= 11 is 0. The van der Waals surface area contributed by atoms with Gasteiger partial charge in [-0.2, -0.15) is 26.3 Å². The topological polar surface area (TPSA) is 43.4 Å². The van der Waals surface area contributed by atoms with Crippen LogP contribution in [0.4, 0.5) is 26.3 Å². The molecular formula is C18H14F6O3. The molecule has 0 atom stereocenters. The number of carbonyl (C=O) groups is 2. The molecule has 3 nitrogen and oxygen atoms in total. The fraction of sp³-hybridized carbons (Fsp3) is 0.333. The number of hydrogen-bond acceptors (Lipinski definition) is 3. The first-order valence-electron chi connectivity index (χ1n) is 7.90. The summed E-state index contributed by atoms with van der Waals surface area (Å²) in [6.45, 7) is 1.76. The van der Waals surface area contributed by atoms with Crippen molar-refractivity contribution in [1.82, 2.24) is 0 Å². The number of unbranched alkanes of at least 4 members (excludes halogenated alkanes) is 1. The minimum Gasteiger partial charge on any atom is -0.492 e. The van der Waals surface area contributed by atoms with E-state index in [1.165, 1.54) is 18.2 Å². The van der Waals surface area contributed by atoms with Crippen molar-refractivity contribution in [3.8, 4) is 5.75 Å². The van der Waals surface area contributed by atoms with Gasteiger partial charge in [0.05, 0.1) is 12.2 Å². The molecule has 146 valence electrons. The SMILES string of the molecule is CCCCOc1c(C(=O)C(F)(F)F)cc(C(=O)C(F)(F)F)c2ccccc12. The fourth-order valence-corrected chi connectivity index (χ4v) is 2.48. The Hall–Kier alpha value is -2.58. The molecule has 0 aromatic heterocycles. The molecule has 0 heterocycles. The number of hydrogen-bond donors (Lipinski definition) is 0. The predicted octanol–water partition coefficient (Wildman–Crippen LogP) is 5.51. The van der Waals surface area contributed by atoms with Gasteiger partial charge in [-0.05, 0) is 17.9 Å². The van der Waals surface area contributed by atoms with Crippen molar-refractivity contribution in [2.45, 2.75) is 32.1 Å². The van der Waals surface area contributed by atoms with E-state index >= 15 is 0 Å². The van der Waals surface area contributed by atoms with E-state index in [4.69, 9.17) is 4.74 Å². The van der Waals surface area contributed by atoms with Crippen LogP contribution in [0.5, 0.6) is 5.75 Å². The lowest BCUT2D eigenvalue weighted by Gasteiger charge is -2.18. The molecule has 2 aromatic rings. The highest BCUT2D eigenvalue weighted by atomic mass is 19.4. The minimum absolute atomic E-state index is 0.0365. The van der Waals surface area contributed by atoms with Gasteiger partial charge in [0.15, 0.2) is 0 Å². The molecule has 0 aliphatic carbocycles. The van der Waals surface area contributed by atoms with Crippen LogP contribution in [0.25, 0.3) is 10.8 Å². The van der Waals surface area contributed by atoms with Crippen LogP contribution in [-0.2, 0) is 0 Å². The molecule has 0 aliphatic heterocycles. The summed E-state index contributed by atoms with van der Waals surface area (Å²) in [5, 5.41) is -0.415. The van der Waals surface area contributed by atoms with Gasteiger partial charge in [0.25, 0.3) is 11.6 Å². The summed E-state index contributed by atoms with van der Waals surface area (Å²) in [7, 11) is 0. The Morgan fingerprint density at radius 2 is 1.41 bits per heavy atom. The standard InChI is InChI=1S/C18H14F6O3/c1-2-3-8-27-14-11-7-5-4-6-10(11)12(15(25)17(19,20)21)9-13(14)16(26)18(22,23)24/h4-7,9H,2-3,8H2,1H3. The monoisotopic (exact) mass is 392 g/mol. The van der Waals surface area contributed by atoms with Gasteiger partial charge in [0.1, 0.15) is 5.75 Å². The number of carbonyl (C=O) groups excluding carboxylic acids is 2. The van der Waals surface area contributed by atoms with Crippen LogP contribution >= 0.6 is 0 Å². The maximum atomic E-state index is 13.0. The van der Waals surface area contributed by atoms with Crippen LogP contribution in [0.2, 0.25) is 0 Å². The van der Waals surface area contributed by atoms with E-state index in [9.17, 15) is 35.9 Å². The summed E-state index contributed by atoms with van der Waals surface area (Å²) in [6, 6.07) is 5.37. The molecule has 0 aliphatic rings. The Bertz CT molecular complexity index is 868. The molecule has 0 bridgehead atoms. The number of fused-ring (bicyclic) bond motifs is 1. The van der Waals surface area contributed by atoms with Crippen LogP contribution in [0.15, 0.2) is 30.3 Å². The van der Waals surface area contributed by atoms with Crippen LogP contribution < -0.4 is 4.74 Å². The number of alkyl halides is 6. The van der Waals surface area contributed by atoms with Gasteiger partial charge >= 0.3 is 12.4 Å². The van der Waals surface area contributed by atoms with Crippen LogP contribution in [-0.4, -0.2) is 30.5 Å². The molecule has 0 saturated heterocycles. The Balaban J connectivity index is 2.81. The normalized spacial score (nSPS) is 12.3. The first-order valence-corrected chi connectivity index (χ1v) is 7.90. The second kappa shape index (κ2) is 7.58. The summed E-state index contributed by atoms with van der Waals surface area (Å²) in [5.74, 6) is -5.20. The van der Waals surface area contributed by atoms with Crippen molar-refractivity contribution in [3.63, 3.8) is 0 Å². The highest BCUT2D eigenvalue weighted by Gasteiger charge is 2.44. The summed E-state index contributed by atoms with van der Waals surface area (Å²) in [5.41, 5.74) is -2.15. The van der Waals surface area contributed by atoms with E-state index in [0.717, 1.165) is 6.07 Å². The van der Waals surface area contributed by atoms with E-state index in [1.54, 1.807) is 6.92 Å². The van der Waals surface area contributed by atoms with Crippen molar-refractivity contribution in [3.05, 3.63) is 41.5 Å². The smallest absolute Gasteiger partial charge is 0.455 e. The average molecular weight is 392 g/mol. The molecule has 0 fully saturated rings. The number of benzene rings is 2. The third-order valence-corrected chi connectivity index (χ3v) is 3.74. The lowest BCUT2D eigenvalue weighted by atomic mass is 9.94. The molecule has 2 rings (SSSR count). The van der Waals surface area contributed by atoms with Crippen molar-refractivity contribution < 1.29 is 40.7 Å². The van der Waals surface area contributed by atoms with E-state index < -0.39 is 40.8 Å². The largest absolute Gasteiger partial charge is 0.492 e. The van der Waals surface area contributed by atoms with Gasteiger partial charge in [-0.3, -0.25) is 9.59 Å². The first-order chi connectivity index (χ1) is 12.5. The number of rotatable bonds is 6. The third kappa shape index (κ3) is 4.40. The molecule has 27 heavy (non-hydrogen) atoms. The zero-order valence-electron chi connectivity index (χ0n) is 14.0. The van der Waals surface area contributed by atoms with E-state index in [0.29, 0.717) is 18.9 Å². The second-order valence-electron chi connectivity index (χ2n) is 5.70. The van der Waals surface area contributed by atoms with Crippen LogP contribution in [0, 0.1) is 0 Å². The Labute approximate surface area is 149 Å². The molecule has 0 radical (unpaired) electrons. The van der Waals surface area contributed by atoms with Gasteiger partial charge in [-0.25, -0.2) is 0 Å². The minimum atomic E-state index is -5.34. The fourth-order valence-electron chi connectivity index (χ4n) is 2.48. The third-order valence-electron chi connectivity index (χ3n) is 3.74. The van der Waals surface area contributed by atoms with Gasteiger partial charge in [0.2, 0.25) is 0 Å². The maximum absolute atomic E-state index is 13.0. The van der Waals surface area contributed by atoms with Gasteiger partial charge in [0, 0.05) is 10.9 Å². The summed E-state index contributed by atoms with van der Waals surface area (Å²) in [4.78, 5) is 23.5. The van der Waals surface area contributed by atoms with Gasteiger partial charge in [-0.15, -0.1) is 0 Å². The van der Waals surface area contributed by atoms with Crippen molar-refractivity contribution >= 4 is 22.3 Å². The Kier molecular flexibility index (Phi) is 5.82. The molecule has 0 amide bonds. The van der Waals surface area contributed by atoms with E-state index in [1.807, 2.05) is 0 Å². The molecule has 0 spiro atoms. The zero-order valence-corrected chi connectivity index (χ0v) is 14.0. The second-order valence-corrected chi connectivity index (χ2v) is 5.70. The molecule has 0 unspecified atom stereocenters. The van der Waals surface area contributed by atoms with Crippen LogP contribution in [0.3, 0.4) is 0 Å². The highest BCUT2D eigenvalue weighted by molar-refractivity contribution is 6.16. The number of ketones is 2. The zero-order chi connectivity index (χ0) is 20.4. The highest BCUT2D eigenvalue weighted by Crippen LogP contribution is 2.38. The maximum Gasteiger partial charge on any atom is 0.455 e. The Morgan fingerprint density at radius 3 is 1.93 bits per heavy atom. The average Bonchev–Trinajstić information content (AvgIpc) is 2.59. The lowest BCUT2D eigenvalue weighted by molar-refractivity contribution is -0.0888. The summed E-state index contributed by atoms with van der Waals surface area (Å²) in [6.07, 6.45) is -9.56. The van der Waals surface area contributed by atoms with E-state index in [2.05, 4.69) is 0 Å². The first kappa shape index (κ1) is 20.7.